The van der Waals surface area contributed by atoms with Crippen LogP contribution >= 0.6 is 0 Å². The lowest BCUT2D eigenvalue weighted by molar-refractivity contribution is 0.342. The summed E-state index contributed by atoms with van der Waals surface area (Å²) < 4.78 is 19.0. The lowest BCUT2D eigenvalue weighted by Gasteiger charge is -2.13. The minimum Gasteiger partial charge on any atom is -0.478 e. The first-order chi connectivity index (χ1) is 8.15. The molecule has 0 atom stereocenters. The molecule has 0 heterocycles. The summed E-state index contributed by atoms with van der Waals surface area (Å²) in [7, 11) is 0. The summed E-state index contributed by atoms with van der Waals surface area (Å²) in [5.74, 6) is 5.42. The number of benzene rings is 1. The molecule has 1 aromatic rings. The number of hydrogen-bond acceptors (Lipinski definition) is 2. The molecule has 0 aliphatic carbocycles. The standard InChI is InChI=1S/C14H18FNO/c1-4-5-9-17-14-12(10-16-11(2)3)7-6-8-13(14)15/h6-8,11,16H,9-10H2,1-3H3. The van der Waals surface area contributed by atoms with Gasteiger partial charge in [0.25, 0.3) is 0 Å². The number of hydrogen-bond donors (Lipinski definition) is 1. The van der Waals surface area contributed by atoms with Gasteiger partial charge in [-0.2, -0.15) is 0 Å². The Balaban J connectivity index is 2.78. The van der Waals surface area contributed by atoms with Crippen LogP contribution in [0.2, 0.25) is 0 Å². The summed E-state index contributed by atoms with van der Waals surface area (Å²) >= 11 is 0. The molecule has 2 nitrogen and oxygen atoms in total. The van der Waals surface area contributed by atoms with E-state index >= 15 is 0 Å². The highest BCUT2D eigenvalue weighted by atomic mass is 19.1. The molecular weight excluding hydrogens is 217 g/mol. The number of nitrogens with one attached hydrogen (secondary N) is 1. The molecule has 0 bridgehead atoms. The van der Waals surface area contributed by atoms with Gasteiger partial charge in [-0.3, -0.25) is 0 Å². The van der Waals surface area contributed by atoms with E-state index < -0.39 is 0 Å². The molecule has 17 heavy (non-hydrogen) atoms. The molecule has 1 aromatic carbocycles. The van der Waals surface area contributed by atoms with Crippen LogP contribution in [0.1, 0.15) is 26.3 Å². The highest BCUT2D eigenvalue weighted by molar-refractivity contribution is 5.35. The second-order valence-electron chi connectivity index (χ2n) is 3.98. The zero-order valence-electron chi connectivity index (χ0n) is 10.5. The normalized spacial score (nSPS) is 9.94. The summed E-state index contributed by atoms with van der Waals surface area (Å²) in [6.07, 6.45) is 0. The van der Waals surface area contributed by atoms with Crippen molar-refractivity contribution in [3.63, 3.8) is 0 Å². The van der Waals surface area contributed by atoms with Gasteiger partial charge in [-0.05, 0) is 13.0 Å². The van der Waals surface area contributed by atoms with Crippen molar-refractivity contribution in [3.8, 4) is 17.6 Å². The second-order valence-corrected chi connectivity index (χ2v) is 3.98. The Kier molecular flexibility index (Phi) is 5.51. The number of para-hydroxylation sites is 1. The van der Waals surface area contributed by atoms with Crippen LogP contribution in [0.25, 0.3) is 0 Å². The topological polar surface area (TPSA) is 21.3 Å². The fourth-order valence-electron chi connectivity index (χ4n) is 1.35. The van der Waals surface area contributed by atoms with Crippen LogP contribution in [0.3, 0.4) is 0 Å². The SMILES string of the molecule is CC#CCOc1c(F)cccc1CNC(C)C. The van der Waals surface area contributed by atoms with Gasteiger partial charge in [0.15, 0.2) is 11.6 Å². The van der Waals surface area contributed by atoms with Crippen molar-refractivity contribution in [1.29, 1.82) is 0 Å². The maximum absolute atomic E-state index is 13.6. The molecule has 0 unspecified atom stereocenters. The second kappa shape index (κ2) is 6.93. The molecule has 0 aliphatic heterocycles. The van der Waals surface area contributed by atoms with Gasteiger partial charge in [-0.1, -0.05) is 31.9 Å². The average Bonchev–Trinajstić information content (AvgIpc) is 2.29. The van der Waals surface area contributed by atoms with Crippen molar-refractivity contribution in [1.82, 2.24) is 5.32 Å². The first kappa shape index (κ1) is 13.5. The smallest absolute Gasteiger partial charge is 0.165 e. The van der Waals surface area contributed by atoms with E-state index in [1.54, 1.807) is 13.0 Å². The van der Waals surface area contributed by atoms with Crippen molar-refractivity contribution >= 4 is 0 Å². The van der Waals surface area contributed by atoms with Crippen molar-refractivity contribution < 1.29 is 9.13 Å². The van der Waals surface area contributed by atoms with Crippen LogP contribution in [-0.2, 0) is 6.54 Å². The molecule has 0 spiro atoms. The molecule has 1 rings (SSSR count). The van der Waals surface area contributed by atoms with Crippen LogP contribution in [-0.4, -0.2) is 12.6 Å². The molecule has 92 valence electrons. The van der Waals surface area contributed by atoms with E-state index in [4.69, 9.17) is 4.74 Å². The molecule has 0 amide bonds. The van der Waals surface area contributed by atoms with E-state index in [9.17, 15) is 4.39 Å². The fourth-order valence-corrected chi connectivity index (χ4v) is 1.35. The monoisotopic (exact) mass is 235 g/mol. The Morgan fingerprint density at radius 3 is 2.82 bits per heavy atom. The van der Waals surface area contributed by atoms with Gasteiger partial charge in [0.1, 0.15) is 6.61 Å². The lowest BCUT2D eigenvalue weighted by Crippen LogP contribution is -2.22. The molecule has 0 aromatic heterocycles. The van der Waals surface area contributed by atoms with Gasteiger partial charge in [0, 0.05) is 18.2 Å². The molecule has 3 heteroatoms. The highest BCUT2D eigenvalue weighted by Crippen LogP contribution is 2.22. The first-order valence-electron chi connectivity index (χ1n) is 5.68. The Hall–Kier alpha value is -1.53. The largest absolute Gasteiger partial charge is 0.478 e. The zero-order chi connectivity index (χ0) is 12.7. The number of rotatable bonds is 5. The van der Waals surface area contributed by atoms with Crippen molar-refractivity contribution in [2.45, 2.75) is 33.4 Å². The highest BCUT2D eigenvalue weighted by Gasteiger charge is 2.09. The maximum Gasteiger partial charge on any atom is 0.165 e. The van der Waals surface area contributed by atoms with Crippen LogP contribution in [0.15, 0.2) is 18.2 Å². The summed E-state index contributed by atoms with van der Waals surface area (Å²) in [6, 6.07) is 5.28. The van der Waals surface area contributed by atoms with Gasteiger partial charge < -0.3 is 10.1 Å². The summed E-state index contributed by atoms with van der Waals surface area (Å²) in [5, 5.41) is 3.24. The summed E-state index contributed by atoms with van der Waals surface area (Å²) in [4.78, 5) is 0. The van der Waals surface area contributed by atoms with Gasteiger partial charge in [0.2, 0.25) is 0 Å². The predicted molar refractivity (Wildman–Crippen MR) is 67.3 cm³/mol. The Morgan fingerprint density at radius 2 is 2.18 bits per heavy atom. The minimum absolute atomic E-state index is 0.214. The van der Waals surface area contributed by atoms with E-state index in [0.717, 1.165) is 5.56 Å². The van der Waals surface area contributed by atoms with Crippen LogP contribution in [0, 0.1) is 17.7 Å². The predicted octanol–water partition coefficient (Wildman–Crippen LogP) is 2.73. The zero-order valence-corrected chi connectivity index (χ0v) is 10.5. The summed E-state index contributed by atoms with van der Waals surface area (Å²) in [5.41, 5.74) is 0.816. The molecule has 0 saturated heterocycles. The minimum atomic E-state index is -0.342. The van der Waals surface area contributed by atoms with Crippen LogP contribution < -0.4 is 10.1 Å². The molecule has 1 N–H and O–H groups in total. The van der Waals surface area contributed by atoms with Gasteiger partial charge in [0.05, 0.1) is 0 Å². The number of halogens is 1. The van der Waals surface area contributed by atoms with E-state index in [2.05, 4.69) is 17.2 Å². The lowest BCUT2D eigenvalue weighted by atomic mass is 10.2. The van der Waals surface area contributed by atoms with Gasteiger partial charge in [-0.15, -0.1) is 5.92 Å². The average molecular weight is 235 g/mol. The number of ether oxygens (including phenoxy) is 1. The molecule has 0 saturated carbocycles. The van der Waals surface area contributed by atoms with Crippen molar-refractivity contribution in [2.24, 2.45) is 0 Å². The molecular formula is C14H18FNO. The molecule has 0 fully saturated rings. The van der Waals surface area contributed by atoms with E-state index in [1.807, 2.05) is 19.9 Å². The van der Waals surface area contributed by atoms with E-state index in [-0.39, 0.29) is 12.4 Å². The van der Waals surface area contributed by atoms with E-state index in [0.29, 0.717) is 18.3 Å². The fraction of sp³-hybridized carbons (Fsp3) is 0.429. The van der Waals surface area contributed by atoms with E-state index in [1.165, 1.54) is 6.07 Å². The van der Waals surface area contributed by atoms with Crippen molar-refractivity contribution in [2.75, 3.05) is 6.61 Å². The third-order valence-electron chi connectivity index (χ3n) is 2.21. The Morgan fingerprint density at radius 1 is 1.41 bits per heavy atom. The summed E-state index contributed by atoms with van der Waals surface area (Å²) in [6.45, 7) is 6.62. The quantitative estimate of drug-likeness (QED) is 0.792. The first-order valence-corrected chi connectivity index (χ1v) is 5.68. The maximum atomic E-state index is 13.6. The van der Waals surface area contributed by atoms with Crippen molar-refractivity contribution in [3.05, 3.63) is 29.6 Å². The Bertz CT molecular complexity index is 418. The van der Waals surface area contributed by atoms with Gasteiger partial charge >= 0.3 is 0 Å². The Labute approximate surface area is 102 Å². The van der Waals surface area contributed by atoms with Crippen LogP contribution in [0.5, 0.6) is 5.75 Å². The molecule has 0 radical (unpaired) electrons. The van der Waals surface area contributed by atoms with Gasteiger partial charge in [-0.25, -0.2) is 4.39 Å². The third-order valence-corrected chi connectivity index (χ3v) is 2.21. The third kappa shape index (κ3) is 4.46. The van der Waals surface area contributed by atoms with Crippen LogP contribution in [0.4, 0.5) is 4.39 Å². The molecule has 0 aliphatic rings.